The van der Waals surface area contributed by atoms with Crippen molar-refractivity contribution in [3.05, 3.63) is 44.6 Å². The first kappa shape index (κ1) is 14.7. The molecule has 20 heavy (non-hydrogen) atoms. The number of anilines is 1. The van der Waals surface area contributed by atoms with Gasteiger partial charge in [-0.2, -0.15) is 15.8 Å². The second-order valence-electron chi connectivity index (χ2n) is 3.87. The molecule has 1 aromatic carbocycles. The van der Waals surface area contributed by atoms with Crippen LogP contribution in [0.25, 0.3) is 0 Å². The van der Waals surface area contributed by atoms with Gasteiger partial charge < -0.3 is 5.32 Å². The van der Waals surface area contributed by atoms with Crippen molar-refractivity contribution in [1.29, 1.82) is 15.8 Å². The Morgan fingerprint density at radius 3 is 2.25 bits per heavy atom. The van der Waals surface area contributed by atoms with Gasteiger partial charge in [-0.05, 0) is 19.4 Å². The van der Waals surface area contributed by atoms with Gasteiger partial charge in [0.2, 0.25) is 0 Å². The number of hydrogen-bond acceptors (Lipinski definition) is 6. The number of nitro groups is 1. The van der Waals surface area contributed by atoms with Gasteiger partial charge in [-0.3, -0.25) is 10.1 Å². The molecule has 1 N–H and O–H groups in total. The molecule has 1 rings (SSSR count). The van der Waals surface area contributed by atoms with E-state index in [0.29, 0.717) is 16.8 Å². The fourth-order valence-electron chi connectivity index (χ4n) is 1.63. The summed E-state index contributed by atoms with van der Waals surface area (Å²) in [6.45, 7) is 3.23. The molecule has 0 aliphatic heterocycles. The summed E-state index contributed by atoms with van der Waals surface area (Å²) in [7, 11) is 0. The van der Waals surface area contributed by atoms with E-state index in [9.17, 15) is 10.1 Å². The predicted molar refractivity (Wildman–Crippen MR) is 70.1 cm³/mol. The molecule has 0 unspecified atom stereocenters. The van der Waals surface area contributed by atoms with Gasteiger partial charge in [0.15, 0.2) is 5.57 Å². The first-order valence-corrected chi connectivity index (χ1v) is 5.42. The number of hydrogen-bond donors (Lipinski definition) is 1. The molecule has 0 fully saturated rings. The SMILES string of the molecule is Cc1ccc([N+](=O)[O-])c(C)c1NC(C#N)=C(C#N)C#N. The number of allylic oxidation sites excluding steroid dienone is 2. The van der Waals surface area contributed by atoms with Crippen molar-refractivity contribution in [3.63, 3.8) is 0 Å². The van der Waals surface area contributed by atoms with Gasteiger partial charge in [-0.25, -0.2) is 0 Å². The molecule has 0 saturated heterocycles. The zero-order chi connectivity index (χ0) is 15.3. The maximum atomic E-state index is 10.9. The number of nitrogens with one attached hydrogen (secondary N) is 1. The Morgan fingerprint density at radius 1 is 1.20 bits per heavy atom. The summed E-state index contributed by atoms with van der Waals surface area (Å²) in [5.41, 5.74) is 0.623. The van der Waals surface area contributed by atoms with Crippen molar-refractivity contribution >= 4 is 11.4 Å². The van der Waals surface area contributed by atoms with Gasteiger partial charge in [0, 0.05) is 6.07 Å². The van der Waals surface area contributed by atoms with Crippen LogP contribution in [0.3, 0.4) is 0 Å². The number of rotatable bonds is 3. The third-order valence-electron chi connectivity index (χ3n) is 2.68. The quantitative estimate of drug-likeness (QED) is 0.509. The Morgan fingerprint density at radius 2 is 1.80 bits per heavy atom. The molecule has 98 valence electrons. The third kappa shape index (κ3) is 2.72. The van der Waals surface area contributed by atoms with Crippen LogP contribution in [0, 0.1) is 58.0 Å². The van der Waals surface area contributed by atoms with Crippen LogP contribution in [0.1, 0.15) is 11.1 Å². The average Bonchev–Trinajstić information content (AvgIpc) is 2.41. The molecular weight excluding hydrogens is 258 g/mol. The van der Waals surface area contributed by atoms with E-state index in [4.69, 9.17) is 15.8 Å². The molecule has 0 heterocycles. The molecule has 0 spiro atoms. The fraction of sp³-hybridized carbons (Fsp3) is 0.154. The number of nitro benzene ring substituents is 1. The molecule has 0 amide bonds. The molecule has 0 atom stereocenters. The summed E-state index contributed by atoms with van der Waals surface area (Å²) in [6, 6.07) is 7.80. The van der Waals surface area contributed by atoms with Crippen LogP contribution in [0.2, 0.25) is 0 Å². The van der Waals surface area contributed by atoms with Gasteiger partial charge >= 0.3 is 0 Å². The van der Waals surface area contributed by atoms with Gasteiger partial charge in [0.25, 0.3) is 5.69 Å². The molecular formula is C13H9N5O2. The smallest absolute Gasteiger partial charge is 0.274 e. The van der Waals surface area contributed by atoms with Crippen LogP contribution in [0.15, 0.2) is 23.4 Å². The molecule has 7 heteroatoms. The van der Waals surface area contributed by atoms with Crippen molar-refractivity contribution in [3.8, 4) is 18.2 Å². The lowest BCUT2D eigenvalue weighted by atomic mass is 10.1. The lowest BCUT2D eigenvalue weighted by molar-refractivity contribution is -0.385. The molecule has 0 aliphatic carbocycles. The molecule has 0 saturated carbocycles. The average molecular weight is 267 g/mol. The molecule has 0 bridgehead atoms. The van der Waals surface area contributed by atoms with Crippen molar-refractivity contribution < 1.29 is 4.92 Å². The molecule has 1 aromatic rings. The Hall–Kier alpha value is -3.37. The summed E-state index contributed by atoms with van der Waals surface area (Å²) >= 11 is 0. The van der Waals surface area contributed by atoms with Crippen LogP contribution in [0.5, 0.6) is 0 Å². The topological polar surface area (TPSA) is 127 Å². The summed E-state index contributed by atoms with van der Waals surface area (Å²) in [5, 5.41) is 40.0. The van der Waals surface area contributed by atoms with E-state index in [2.05, 4.69) is 5.32 Å². The highest BCUT2D eigenvalue weighted by molar-refractivity contribution is 5.69. The summed E-state index contributed by atoms with van der Waals surface area (Å²) < 4.78 is 0. The Kier molecular flexibility index (Phi) is 4.40. The largest absolute Gasteiger partial charge is 0.345 e. The van der Waals surface area contributed by atoms with E-state index in [-0.39, 0.29) is 17.0 Å². The summed E-state index contributed by atoms with van der Waals surface area (Å²) in [5.74, 6) is 0. The minimum Gasteiger partial charge on any atom is -0.345 e. The van der Waals surface area contributed by atoms with E-state index in [1.165, 1.54) is 19.1 Å². The fourth-order valence-corrected chi connectivity index (χ4v) is 1.63. The predicted octanol–water partition coefficient (Wildman–Crippen LogP) is 2.45. The minimum absolute atomic E-state index is 0.106. The Labute approximate surface area is 115 Å². The van der Waals surface area contributed by atoms with E-state index >= 15 is 0 Å². The van der Waals surface area contributed by atoms with E-state index in [1.807, 2.05) is 0 Å². The standard InChI is InChI=1S/C13H9N5O2/c1-8-3-4-12(18(19)20)9(2)13(8)17-11(7-16)10(5-14)6-15/h3-4,17H,1-2H3. The minimum atomic E-state index is -0.536. The summed E-state index contributed by atoms with van der Waals surface area (Å²) in [6.07, 6.45) is 0. The molecule has 7 nitrogen and oxygen atoms in total. The maximum absolute atomic E-state index is 10.9. The Balaban J connectivity index is 3.44. The maximum Gasteiger partial charge on any atom is 0.274 e. The summed E-state index contributed by atoms with van der Waals surface area (Å²) in [4.78, 5) is 10.3. The molecule has 0 aliphatic rings. The number of benzene rings is 1. The van der Waals surface area contributed by atoms with Gasteiger partial charge in [0.1, 0.15) is 23.9 Å². The van der Waals surface area contributed by atoms with E-state index in [1.54, 1.807) is 25.1 Å². The number of nitriles is 3. The zero-order valence-corrected chi connectivity index (χ0v) is 10.8. The highest BCUT2D eigenvalue weighted by Gasteiger charge is 2.17. The lowest BCUT2D eigenvalue weighted by Crippen LogP contribution is -2.05. The van der Waals surface area contributed by atoms with Gasteiger partial charge in [0.05, 0.1) is 16.2 Å². The van der Waals surface area contributed by atoms with Crippen molar-refractivity contribution in [2.45, 2.75) is 13.8 Å². The number of aryl methyl sites for hydroxylation is 1. The van der Waals surface area contributed by atoms with Gasteiger partial charge in [-0.15, -0.1) is 0 Å². The highest BCUT2D eigenvalue weighted by atomic mass is 16.6. The van der Waals surface area contributed by atoms with E-state index < -0.39 is 4.92 Å². The zero-order valence-electron chi connectivity index (χ0n) is 10.8. The van der Waals surface area contributed by atoms with E-state index in [0.717, 1.165) is 0 Å². The van der Waals surface area contributed by atoms with Crippen LogP contribution in [-0.4, -0.2) is 4.92 Å². The number of nitrogens with zero attached hydrogens (tertiary/aromatic N) is 4. The lowest BCUT2D eigenvalue weighted by Gasteiger charge is -2.11. The Bertz CT molecular complexity index is 713. The highest BCUT2D eigenvalue weighted by Crippen LogP contribution is 2.29. The first-order chi connectivity index (χ1) is 9.46. The molecule has 0 aromatic heterocycles. The van der Waals surface area contributed by atoms with Crippen LogP contribution < -0.4 is 5.32 Å². The third-order valence-corrected chi connectivity index (χ3v) is 2.68. The normalized spacial score (nSPS) is 8.75. The van der Waals surface area contributed by atoms with Gasteiger partial charge in [-0.1, -0.05) is 6.07 Å². The van der Waals surface area contributed by atoms with Crippen LogP contribution in [-0.2, 0) is 0 Å². The van der Waals surface area contributed by atoms with Crippen molar-refractivity contribution in [1.82, 2.24) is 0 Å². The molecule has 0 radical (unpaired) electrons. The second-order valence-corrected chi connectivity index (χ2v) is 3.87. The first-order valence-electron chi connectivity index (χ1n) is 5.42. The van der Waals surface area contributed by atoms with Crippen LogP contribution >= 0.6 is 0 Å². The second kappa shape index (κ2) is 5.99. The monoisotopic (exact) mass is 267 g/mol. The van der Waals surface area contributed by atoms with Crippen LogP contribution in [0.4, 0.5) is 11.4 Å². The van der Waals surface area contributed by atoms with Crippen molar-refractivity contribution in [2.75, 3.05) is 5.32 Å². The van der Waals surface area contributed by atoms with Crippen molar-refractivity contribution in [2.24, 2.45) is 0 Å².